The molecule has 0 aliphatic carbocycles. The lowest BCUT2D eigenvalue weighted by Gasteiger charge is -2.43. The molecule has 0 aromatic rings. The van der Waals surface area contributed by atoms with E-state index in [9.17, 15) is 0 Å². The Bertz CT molecular complexity index is 167. The van der Waals surface area contributed by atoms with Crippen LogP contribution in [-0.2, 0) is 4.74 Å². The summed E-state index contributed by atoms with van der Waals surface area (Å²) >= 11 is 0. The monoisotopic (exact) mass is 200 g/mol. The molecule has 1 unspecified atom stereocenters. The minimum Gasteiger partial charge on any atom is -0.379 e. The molecule has 0 spiro atoms. The minimum atomic E-state index is 0.165. The molecule has 3 heteroatoms. The summed E-state index contributed by atoms with van der Waals surface area (Å²) in [7, 11) is 0. The second-order valence-electron chi connectivity index (χ2n) is 4.90. The maximum Gasteiger partial charge on any atom is 0.0594 e. The van der Waals surface area contributed by atoms with Gasteiger partial charge in [-0.3, -0.25) is 4.90 Å². The Hall–Kier alpha value is -0.120. The number of hydrogen-bond donors (Lipinski definition) is 1. The van der Waals surface area contributed by atoms with Gasteiger partial charge in [-0.05, 0) is 19.3 Å². The molecular formula is C11H24N2O. The quantitative estimate of drug-likeness (QED) is 0.738. The fourth-order valence-corrected chi connectivity index (χ4v) is 2.32. The molecule has 0 bridgehead atoms. The minimum absolute atomic E-state index is 0.165. The van der Waals surface area contributed by atoms with Crippen LogP contribution in [0, 0.1) is 5.92 Å². The van der Waals surface area contributed by atoms with Gasteiger partial charge in [0.2, 0.25) is 0 Å². The second-order valence-corrected chi connectivity index (χ2v) is 4.90. The van der Waals surface area contributed by atoms with Crippen LogP contribution in [0.25, 0.3) is 0 Å². The Balaban J connectivity index is 2.56. The van der Waals surface area contributed by atoms with Crippen molar-refractivity contribution in [3.05, 3.63) is 0 Å². The second kappa shape index (κ2) is 5.10. The van der Waals surface area contributed by atoms with Crippen LogP contribution >= 0.6 is 0 Å². The van der Waals surface area contributed by atoms with E-state index in [0.29, 0.717) is 5.92 Å². The number of rotatable bonds is 4. The molecular weight excluding hydrogens is 176 g/mol. The van der Waals surface area contributed by atoms with E-state index in [4.69, 9.17) is 10.5 Å². The maximum absolute atomic E-state index is 5.90. The van der Waals surface area contributed by atoms with E-state index < -0.39 is 0 Å². The highest BCUT2D eigenvalue weighted by Crippen LogP contribution is 2.23. The number of nitrogens with zero attached hydrogens (tertiary/aromatic N) is 1. The van der Waals surface area contributed by atoms with Gasteiger partial charge in [0.25, 0.3) is 0 Å². The van der Waals surface area contributed by atoms with E-state index in [1.54, 1.807) is 0 Å². The molecule has 1 fully saturated rings. The van der Waals surface area contributed by atoms with E-state index in [1.807, 2.05) is 0 Å². The molecule has 14 heavy (non-hydrogen) atoms. The van der Waals surface area contributed by atoms with Crippen molar-refractivity contribution >= 4 is 0 Å². The molecule has 0 saturated carbocycles. The summed E-state index contributed by atoms with van der Waals surface area (Å²) in [5, 5.41) is 0. The fourth-order valence-electron chi connectivity index (χ4n) is 2.32. The lowest BCUT2D eigenvalue weighted by molar-refractivity contribution is -0.0201. The zero-order valence-corrected chi connectivity index (χ0v) is 9.75. The van der Waals surface area contributed by atoms with Crippen LogP contribution in [0.3, 0.4) is 0 Å². The number of morpholine rings is 1. The van der Waals surface area contributed by atoms with Crippen molar-refractivity contribution in [2.24, 2.45) is 11.7 Å². The molecule has 1 saturated heterocycles. The van der Waals surface area contributed by atoms with Gasteiger partial charge >= 0.3 is 0 Å². The molecule has 1 rings (SSSR count). The maximum atomic E-state index is 5.90. The molecule has 2 N–H and O–H groups in total. The molecule has 84 valence electrons. The third kappa shape index (κ3) is 2.94. The zero-order chi connectivity index (χ0) is 10.6. The van der Waals surface area contributed by atoms with E-state index >= 15 is 0 Å². The van der Waals surface area contributed by atoms with Crippen molar-refractivity contribution < 1.29 is 4.74 Å². The van der Waals surface area contributed by atoms with Crippen LogP contribution in [-0.4, -0.2) is 43.3 Å². The highest BCUT2D eigenvalue weighted by Gasteiger charge is 2.31. The van der Waals surface area contributed by atoms with Gasteiger partial charge in [0, 0.05) is 25.2 Å². The Morgan fingerprint density at radius 1 is 1.36 bits per heavy atom. The standard InChI is InChI=1S/C11H24N2O/c1-10(2)8-11(3,9-12)13-4-6-14-7-5-13/h10H,4-9,12H2,1-3H3. The van der Waals surface area contributed by atoms with Crippen molar-refractivity contribution in [3.8, 4) is 0 Å². The average molecular weight is 200 g/mol. The van der Waals surface area contributed by atoms with Crippen LogP contribution in [0.1, 0.15) is 27.2 Å². The predicted octanol–water partition coefficient (Wildman–Crippen LogP) is 1.08. The van der Waals surface area contributed by atoms with Gasteiger partial charge in [-0.2, -0.15) is 0 Å². The summed E-state index contributed by atoms with van der Waals surface area (Å²) in [6.07, 6.45) is 1.17. The summed E-state index contributed by atoms with van der Waals surface area (Å²) in [5.41, 5.74) is 6.07. The van der Waals surface area contributed by atoms with E-state index in [-0.39, 0.29) is 5.54 Å². The highest BCUT2D eigenvalue weighted by atomic mass is 16.5. The molecule has 1 aliphatic heterocycles. The van der Waals surface area contributed by atoms with Crippen LogP contribution < -0.4 is 5.73 Å². The van der Waals surface area contributed by atoms with Gasteiger partial charge in [0.15, 0.2) is 0 Å². The van der Waals surface area contributed by atoms with Gasteiger partial charge in [-0.15, -0.1) is 0 Å². The molecule has 1 aliphatic rings. The molecule has 0 aromatic heterocycles. The first-order valence-corrected chi connectivity index (χ1v) is 5.61. The number of hydrogen-bond acceptors (Lipinski definition) is 3. The molecule has 1 atom stereocenters. The molecule has 0 amide bonds. The average Bonchev–Trinajstić information content (AvgIpc) is 2.18. The van der Waals surface area contributed by atoms with Gasteiger partial charge in [0.05, 0.1) is 13.2 Å². The number of nitrogens with two attached hydrogens (primary N) is 1. The lowest BCUT2D eigenvalue weighted by Crippen LogP contribution is -2.56. The smallest absolute Gasteiger partial charge is 0.0594 e. The van der Waals surface area contributed by atoms with E-state index in [2.05, 4.69) is 25.7 Å². The normalized spacial score (nSPS) is 23.8. The van der Waals surface area contributed by atoms with Crippen molar-refractivity contribution in [1.29, 1.82) is 0 Å². The van der Waals surface area contributed by atoms with E-state index in [0.717, 1.165) is 32.8 Å². The van der Waals surface area contributed by atoms with Crippen molar-refractivity contribution in [2.75, 3.05) is 32.8 Å². The van der Waals surface area contributed by atoms with E-state index in [1.165, 1.54) is 6.42 Å². The first-order chi connectivity index (χ1) is 6.58. The summed E-state index contributed by atoms with van der Waals surface area (Å²) < 4.78 is 5.36. The summed E-state index contributed by atoms with van der Waals surface area (Å²) in [5.74, 6) is 0.700. The molecule has 0 aromatic carbocycles. The van der Waals surface area contributed by atoms with Crippen LogP contribution in [0.15, 0.2) is 0 Å². The molecule has 3 nitrogen and oxygen atoms in total. The molecule has 1 heterocycles. The SMILES string of the molecule is CC(C)CC(C)(CN)N1CCOCC1. The highest BCUT2D eigenvalue weighted by molar-refractivity contribution is 4.89. The predicted molar refractivity (Wildman–Crippen MR) is 59.3 cm³/mol. The summed E-state index contributed by atoms with van der Waals surface area (Å²) in [6, 6.07) is 0. The lowest BCUT2D eigenvalue weighted by atomic mass is 9.88. The molecule has 0 radical (unpaired) electrons. The number of ether oxygens (including phenoxy) is 1. The zero-order valence-electron chi connectivity index (χ0n) is 9.75. The Morgan fingerprint density at radius 3 is 2.36 bits per heavy atom. The topological polar surface area (TPSA) is 38.5 Å². The Morgan fingerprint density at radius 2 is 1.93 bits per heavy atom. The Kier molecular flexibility index (Phi) is 4.35. The van der Waals surface area contributed by atoms with Gasteiger partial charge in [-0.25, -0.2) is 0 Å². The van der Waals surface area contributed by atoms with Crippen molar-refractivity contribution in [3.63, 3.8) is 0 Å². The largest absolute Gasteiger partial charge is 0.379 e. The fraction of sp³-hybridized carbons (Fsp3) is 1.00. The Labute approximate surface area is 87.6 Å². The third-order valence-electron chi connectivity index (χ3n) is 3.06. The van der Waals surface area contributed by atoms with Gasteiger partial charge < -0.3 is 10.5 Å². The first-order valence-electron chi connectivity index (χ1n) is 5.61. The van der Waals surface area contributed by atoms with Crippen LogP contribution in [0.2, 0.25) is 0 Å². The van der Waals surface area contributed by atoms with Gasteiger partial charge in [-0.1, -0.05) is 13.8 Å². The summed E-state index contributed by atoms with van der Waals surface area (Å²) in [6.45, 7) is 11.3. The third-order valence-corrected chi connectivity index (χ3v) is 3.06. The van der Waals surface area contributed by atoms with Crippen molar-refractivity contribution in [2.45, 2.75) is 32.7 Å². The van der Waals surface area contributed by atoms with Crippen LogP contribution in [0.4, 0.5) is 0 Å². The van der Waals surface area contributed by atoms with Gasteiger partial charge in [0.1, 0.15) is 0 Å². The summed E-state index contributed by atoms with van der Waals surface area (Å²) in [4.78, 5) is 2.48. The van der Waals surface area contributed by atoms with Crippen LogP contribution in [0.5, 0.6) is 0 Å². The van der Waals surface area contributed by atoms with Crippen molar-refractivity contribution in [1.82, 2.24) is 4.90 Å². The first kappa shape index (κ1) is 12.0.